The normalized spacial score (nSPS) is 13.8. The minimum atomic E-state index is 0.480. The molecule has 1 aromatic rings. The Labute approximate surface area is 70.0 Å². The third-order valence-electron chi connectivity index (χ3n) is 1.78. The van der Waals surface area contributed by atoms with E-state index in [-0.39, 0.29) is 0 Å². The summed E-state index contributed by atoms with van der Waals surface area (Å²) in [5, 5.41) is 0. The molecular formula is C9H6N3. The first-order chi connectivity index (χ1) is 5.90. The van der Waals surface area contributed by atoms with E-state index in [1.807, 2.05) is 24.3 Å². The Morgan fingerprint density at radius 1 is 1.42 bits per heavy atom. The summed E-state index contributed by atoms with van der Waals surface area (Å²) < 4.78 is 0. The predicted octanol–water partition coefficient (Wildman–Crippen LogP) is 1.49. The predicted molar refractivity (Wildman–Crippen MR) is 45.9 cm³/mol. The van der Waals surface area contributed by atoms with E-state index in [4.69, 9.17) is 5.53 Å². The second kappa shape index (κ2) is 2.72. The van der Waals surface area contributed by atoms with Gasteiger partial charge in [0.1, 0.15) is 0 Å². The van der Waals surface area contributed by atoms with Crippen molar-refractivity contribution in [3.05, 3.63) is 35.4 Å². The molecule has 0 atom stereocenters. The van der Waals surface area contributed by atoms with Crippen LogP contribution >= 0.6 is 0 Å². The van der Waals surface area contributed by atoms with E-state index >= 15 is 0 Å². The number of fused-ring (bicyclic) bond motifs is 1. The van der Waals surface area contributed by atoms with Gasteiger partial charge in [-0.15, -0.1) is 0 Å². The number of hydrogen-bond acceptors (Lipinski definition) is 1. The van der Waals surface area contributed by atoms with Crippen molar-refractivity contribution in [1.29, 1.82) is 0 Å². The van der Waals surface area contributed by atoms with Gasteiger partial charge in [-0.2, -0.15) is 4.79 Å². The van der Waals surface area contributed by atoms with E-state index in [1.54, 1.807) is 0 Å². The number of para-hydroxylation sites is 1. The van der Waals surface area contributed by atoms with Crippen molar-refractivity contribution < 1.29 is 4.79 Å². The fraction of sp³-hybridized carbons (Fsp3) is 0.111. The minimum Gasteiger partial charge on any atom is -0.361 e. The zero-order chi connectivity index (χ0) is 8.39. The maximum atomic E-state index is 8.48. The van der Waals surface area contributed by atoms with Gasteiger partial charge in [-0.3, -0.25) is 0 Å². The molecule has 0 saturated heterocycles. The molecular weight excluding hydrogens is 150 g/mol. The second-order valence-corrected chi connectivity index (χ2v) is 2.58. The van der Waals surface area contributed by atoms with Crippen molar-refractivity contribution in [2.24, 2.45) is 4.99 Å². The van der Waals surface area contributed by atoms with Gasteiger partial charge in [0.15, 0.2) is 6.21 Å². The first-order valence-corrected chi connectivity index (χ1v) is 3.66. The lowest BCUT2D eigenvalue weighted by Crippen LogP contribution is -2.09. The fourth-order valence-electron chi connectivity index (χ4n) is 1.17. The summed E-state index contributed by atoms with van der Waals surface area (Å²) in [6, 6.07) is 7.74. The molecule has 0 fully saturated rings. The zero-order valence-corrected chi connectivity index (χ0v) is 6.36. The third-order valence-corrected chi connectivity index (χ3v) is 1.78. The van der Waals surface area contributed by atoms with Crippen molar-refractivity contribution in [2.45, 2.75) is 6.42 Å². The number of hydrogen-bond donors (Lipinski definition) is 0. The van der Waals surface area contributed by atoms with Gasteiger partial charge in [0.2, 0.25) is 0 Å². The van der Waals surface area contributed by atoms with Gasteiger partial charge < -0.3 is 5.53 Å². The molecule has 0 saturated carbocycles. The van der Waals surface area contributed by atoms with Crippen LogP contribution in [-0.2, 0) is 6.42 Å². The Kier molecular flexibility index (Phi) is 1.57. The van der Waals surface area contributed by atoms with E-state index in [1.165, 1.54) is 0 Å². The highest BCUT2D eigenvalue weighted by molar-refractivity contribution is 6.30. The van der Waals surface area contributed by atoms with Gasteiger partial charge in [-0.25, -0.2) is 4.99 Å². The Bertz CT molecular complexity index is 387. The van der Waals surface area contributed by atoms with Crippen LogP contribution in [0.2, 0.25) is 0 Å². The highest BCUT2D eigenvalue weighted by Crippen LogP contribution is 2.21. The molecule has 1 aromatic carbocycles. The smallest absolute Gasteiger partial charge is 0.324 e. The van der Waals surface area contributed by atoms with Gasteiger partial charge in [-0.05, 0) is 11.6 Å². The molecule has 1 aliphatic rings. The summed E-state index contributed by atoms with van der Waals surface area (Å²) in [6.45, 7) is 0. The number of benzene rings is 1. The molecule has 0 unspecified atom stereocenters. The summed E-state index contributed by atoms with van der Waals surface area (Å²) in [7, 11) is 0. The standard InChI is InChI=1S/C9H6N3/c10-12-8-5-7-3-1-2-4-9(7)11-6-8/h1-4H,5H2. The molecule has 1 radical (unpaired) electrons. The van der Waals surface area contributed by atoms with Gasteiger partial charge in [0, 0.05) is 0 Å². The molecule has 3 nitrogen and oxygen atoms in total. The van der Waals surface area contributed by atoms with E-state index < -0.39 is 0 Å². The zero-order valence-electron chi connectivity index (χ0n) is 6.36. The molecule has 0 spiro atoms. The fourth-order valence-corrected chi connectivity index (χ4v) is 1.17. The monoisotopic (exact) mass is 156 g/mol. The molecule has 0 aliphatic carbocycles. The molecule has 1 heterocycles. The lowest BCUT2D eigenvalue weighted by molar-refractivity contribution is -0.00341. The molecule has 1 aliphatic heterocycles. The first kappa shape index (κ1) is 6.95. The molecule has 0 amide bonds. The Balaban J connectivity index is 2.52. The van der Waals surface area contributed by atoms with Crippen LogP contribution in [0.1, 0.15) is 5.56 Å². The van der Waals surface area contributed by atoms with Gasteiger partial charge in [0.05, 0.1) is 12.1 Å². The number of aliphatic imine (C=N–C) groups is 1. The molecule has 0 N–H and O–H groups in total. The highest BCUT2D eigenvalue weighted by atomic mass is 14.9. The van der Waals surface area contributed by atoms with Gasteiger partial charge in [-0.1, -0.05) is 18.2 Å². The molecule has 12 heavy (non-hydrogen) atoms. The van der Waals surface area contributed by atoms with Gasteiger partial charge >= 0.3 is 5.71 Å². The SMILES string of the molecule is [N-]=[N+]=C1[C]=Nc2ccccc2C1. The van der Waals surface area contributed by atoms with E-state index in [9.17, 15) is 0 Å². The summed E-state index contributed by atoms with van der Waals surface area (Å²) in [5.74, 6) is 0. The highest BCUT2D eigenvalue weighted by Gasteiger charge is 2.15. The third kappa shape index (κ3) is 1.06. The lowest BCUT2D eigenvalue weighted by atomic mass is 10.0. The first-order valence-electron chi connectivity index (χ1n) is 3.66. The topological polar surface area (TPSA) is 48.8 Å². The Morgan fingerprint density at radius 2 is 2.25 bits per heavy atom. The van der Waals surface area contributed by atoms with Gasteiger partial charge in [0.25, 0.3) is 0 Å². The van der Waals surface area contributed by atoms with Crippen LogP contribution in [0.15, 0.2) is 29.3 Å². The van der Waals surface area contributed by atoms with Crippen LogP contribution in [-0.4, -0.2) is 16.7 Å². The van der Waals surface area contributed by atoms with Crippen LogP contribution in [0, 0.1) is 0 Å². The van der Waals surface area contributed by atoms with Crippen LogP contribution in [0.5, 0.6) is 0 Å². The van der Waals surface area contributed by atoms with Crippen LogP contribution in [0.25, 0.3) is 5.53 Å². The van der Waals surface area contributed by atoms with Crippen LogP contribution in [0.3, 0.4) is 0 Å². The van der Waals surface area contributed by atoms with Crippen molar-refractivity contribution in [3.8, 4) is 0 Å². The Hall–Kier alpha value is -1.73. The van der Waals surface area contributed by atoms with E-state index in [0.717, 1.165) is 11.3 Å². The quantitative estimate of drug-likeness (QED) is 0.403. The number of nitrogens with zero attached hydrogens (tertiary/aromatic N) is 3. The lowest BCUT2D eigenvalue weighted by Gasteiger charge is -2.03. The van der Waals surface area contributed by atoms with E-state index in [2.05, 4.69) is 16.0 Å². The maximum absolute atomic E-state index is 8.48. The number of rotatable bonds is 0. The molecule has 0 aromatic heterocycles. The summed E-state index contributed by atoms with van der Waals surface area (Å²) >= 11 is 0. The summed E-state index contributed by atoms with van der Waals surface area (Å²) in [6.07, 6.45) is 3.26. The Morgan fingerprint density at radius 3 is 3.08 bits per heavy atom. The molecule has 0 bridgehead atoms. The van der Waals surface area contributed by atoms with Crippen molar-refractivity contribution in [1.82, 2.24) is 0 Å². The summed E-state index contributed by atoms with van der Waals surface area (Å²) in [5.41, 5.74) is 10.9. The van der Waals surface area contributed by atoms with Crippen LogP contribution < -0.4 is 0 Å². The molecule has 57 valence electrons. The molecule has 2 rings (SSSR count). The van der Waals surface area contributed by atoms with Crippen LogP contribution in [0.4, 0.5) is 5.69 Å². The second-order valence-electron chi connectivity index (χ2n) is 2.58. The summed E-state index contributed by atoms with van der Waals surface area (Å²) in [4.78, 5) is 7.06. The van der Waals surface area contributed by atoms with Crippen molar-refractivity contribution in [3.63, 3.8) is 0 Å². The largest absolute Gasteiger partial charge is 0.361 e. The maximum Gasteiger partial charge on any atom is 0.324 e. The molecule has 3 heteroatoms. The van der Waals surface area contributed by atoms with Crippen molar-refractivity contribution in [2.75, 3.05) is 0 Å². The average molecular weight is 156 g/mol. The van der Waals surface area contributed by atoms with E-state index in [0.29, 0.717) is 12.1 Å². The van der Waals surface area contributed by atoms with Crippen molar-refractivity contribution >= 4 is 17.6 Å². The minimum absolute atomic E-state index is 0.480. The average Bonchev–Trinajstić information content (AvgIpc) is 2.17.